The van der Waals surface area contributed by atoms with E-state index in [9.17, 15) is 4.79 Å². The second-order valence-corrected chi connectivity index (χ2v) is 7.91. The molecule has 2 saturated heterocycles. The van der Waals surface area contributed by atoms with Crippen molar-refractivity contribution in [2.24, 2.45) is 0 Å². The molecule has 2 aliphatic heterocycles. The van der Waals surface area contributed by atoms with Gasteiger partial charge in [0.15, 0.2) is 5.58 Å². The van der Waals surface area contributed by atoms with Gasteiger partial charge in [-0.2, -0.15) is 4.98 Å². The van der Waals surface area contributed by atoms with Gasteiger partial charge in [0, 0.05) is 51.4 Å². The largest absolute Gasteiger partial charge is 0.492 e. The van der Waals surface area contributed by atoms with Gasteiger partial charge in [0.1, 0.15) is 12.4 Å². The molecule has 28 heavy (non-hydrogen) atoms. The number of fused-ring (bicyclic) bond motifs is 1. The molecule has 2 fully saturated rings. The molecule has 1 aromatic carbocycles. The van der Waals surface area contributed by atoms with Crippen molar-refractivity contribution in [3.05, 3.63) is 28.0 Å². The molecule has 0 spiro atoms. The molecule has 0 N–H and O–H groups in total. The first-order valence-electron chi connectivity index (χ1n) is 10.3. The topological polar surface area (TPSA) is 62.1 Å². The molecule has 7 nitrogen and oxygen atoms in total. The van der Waals surface area contributed by atoms with Crippen LogP contribution in [0, 0.1) is 6.92 Å². The number of anilines is 1. The molecule has 0 aliphatic carbocycles. The number of aryl methyl sites for hydroxylation is 1. The predicted octanol–water partition coefficient (Wildman–Crippen LogP) is 2.11. The van der Waals surface area contributed by atoms with Gasteiger partial charge < -0.3 is 19.0 Å². The molecule has 2 aromatic rings. The molecule has 1 aromatic heterocycles. The number of hydrogen-bond acceptors (Lipinski definition) is 7. The van der Waals surface area contributed by atoms with Crippen LogP contribution in [-0.4, -0.2) is 74.3 Å². The standard InChI is InChI=1S/C21H30N4O3/c1-16-18(27-15-14-24-12-10-23(2)11-13-24)7-6-17-19(16)28-21(22-20(17)26)25-8-4-3-5-9-25/h6-7H,3-5,8-15H2,1-2H3. The Kier molecular flexibility index (Phi) is 5.82. The first-order valence-corrected chi connectivity index (χ1v) is 10.3. The average Bonchev–Trinajstić information content (AvgIpc) is 2.72. The van der Waals surface area contributed by atoms with Crippen molar-refractivity contribution in [3.63, 3.8) is 0 Å². The normalized spacial score (nSPS) is 19.3. The molecule has 0 unspecified atom stereocenters. The molecule has 2 aliphatic rings. The maximum Gasteiger partial charge on any atom is 0.301 e. The first-order chi connectivity index (χ1) is 13.6. The third-order valence-electron chi connectivity index (χ3n) is 5.86. The fourth-order valence-electron chi connectivity index (χ4n) is 3.97. The number of hydrogen-bond donors (Lipinski definition) is 0. The van der Waals surface area contributed by atoms with E-state index in [-0.39, 0.29) is 5.56 Å². The van der Waals surface area contributed by atoms with E-state index in [0.29, 0.717) is 23.6 Å². The lowest BCUT2D eigenvalue weighted by Crippen LogP contribution is -2.45. The van der Waals surface area contributed by atoms with Crippen LogP contribution in [0.25, 0.3) is 11.0 Å². The molecule has 4 rings (SSSR count). The summed E-state index contributed by atoms with van der Waals surface area (Å²) in [6.07, 6.45) is 3.44. The van der Waals surface area contributed by atoms with Gasteiger partial charge in [0.05, 0.1) is 5.39 Å². The van der Waals surface area contributed by atoms with Crippen molar-refractivity contribution in [3.8, 4) is 5.75 Å². The van der Waals surface area contributed by atoms with Gasteiger partial charge in [-0.3, -0.25) is 9.69 Å². The Morgan fingerprint density at radius 1 is 1.07 bits per heavy atom. The SMILES string of the molecule is Cc1c(OCCN2CCN(C)CC2)ccc2c(=O)nc(N3CCCCC3)oc12. The fourth-order valence-corrected chi connectivity index (χ4v) is 3.97. The number of benzene rings is 1. The van der Waals surface area contributed by atoms with Gasteiger partial charge in [-0.1, -0.05) is 0 Å². The number of likely N-dealkylation sites (N-methyl/N-ethyl adjacent to an activating group) is 1. The minimum absolute atomic E-state index is 0.228. The van der Waals surface area contributed by atoms with Crippen molar-refractivity contribution >= 4 is 17.0 Å². The number of aromatic nitrogens is 1. The zero-order valence-electron chi connectivity index (χ0n) is 16.9. The number of piperidine rings is 1. The summed E-state index contributed by atoms with van der Waals surface area (Å²) in [6.45, 7) is 9.64. The highest BCUT2D eigenvalue weighted by molar-refractivity contribution is 5.81. The number of rotatable bonds is 5. The second kappa shape index (κ2) is 8.49. The summed E-state index contributed by atoms with van der Waals surface area (Å²) in [4.78, 5) is 23.5. The predicted molar refractivity (Wildman–Crippen MR) is 111 cm³/mol. The Morgan fingerprint density at radius 3 is 2.57 bits per heavy atom. The van der Waals surface area contributed by atoms with E-state index in [2.05, 4.69) is 26.7 Å². The van der Waals surface area contributed by atoms with Crippen molar-refractivity contribution in [2.75, 3.05) is 64.4 Å². The first kappa shape index (κ1) is 19.2. The quantitative estimate of drug-likeness (QED) is 0.780. The molecule has 3 heterocycles. The van der Waals surface area contributed by atoms with Crippen LogP contribution in [0.15, 0.2) is 21.3 Å². The average molecular weight is 386 g/mol. The molecule has 0 amide bonds. The molecule has 152 valence electrons. The number of piperazine rings is 1. The Morgan fingerprint density at radius 2 is 1.82 bits per heavy atom. The van der Waals surface area contributed by atoms with Gasteiger partial charge in [-0.25, -0.2) is 0 Å². The Bertz CT molecular complexity index is 868. The van der Waals surface area contributed by atoms with Crippen molar-refractivity contribution in [1.29, 1.82) is 0 Å². The van der Waals surface area contributed by atoms with E-state index >= 15 is 0 Å². The molecular weight excluding hydrogens is 356 g/mol. The molecular formula is C21H30N4O3. The van der Waals surface area contributed by atoms with Crippen LogP contribution in [0.4, 0.5) is 6.01 Å². The van der Waals surface area contributed by atoms with Crippen LogP contribution in [0.2, 0.25) is 0 Å². The Hall–Kier alpha value is -2.12. The lowest BCUT2D eigenvalue weighted by molar-refractivity contribution is 0.133. The summed E-state index contributed by atoms with van der Waals surface area (Å²) < 4.78 is 12.1. The van der Waals surface area contributed by atoms with Crippen molar-refractivity contribution < 1.29 is 9.15 Å². The lowest BCUT2D eigenvalue weighted by atomic mass is 10.1. The van der Waals surface area contributed by atoms with Gasteiger partial charge >= 0.3 is 6.01 Å². The van der Waals surface area contributed by atoms with Gasteiger partial charge in [0.25, 0.3) is 5.56 Å². The van der Waals surface area contributed by atoms with E-state index in [1.807, 2.05) is 13.0 Å². The number of ether oxygens (including phenoxy) is 1. The molecule has 0 atom stereocenters. The third kappa shape index (κ3) is 4.15. The Labute approximate surface area is 165 Å². The third-order valence-corrected chi connectivity index (χ3v) is 5.86. The zero-order valence-corrected chi connectivity index (χ0v) is 16.9. The zero-order chi connectivity index (χ0) is 19.5. The summed E-state index contributed by atoms with van der Waals surface area (Å²) in [6, 6.07) is 4.07. The molecule has 0 saturated carbocycles. The van der Waals surface area contributed by atoms with Crippen LogP contribution in [0.5, 0.6) is 5.75 Å². The van der Waals surface area contributed by atoms with Gasteiger partial charge in [0.2, 0.25) is 0 Å². The fraction of sp³-hybridized carbons (Fsp3) is 0.619. The summed E-state index contributed by atoms with van der Waals surface area (Å²) in [5.74, 6) is 0.778. The number of nitrogens with zero attached hydrogens (tertiary/aromatic N) is 4. The van der Waals surface area contributed by atoms with E-state index < -0.39 is 0 Å². The molecule has 7 heteroatoms. The van der Waals surface area contributed by atoms with E-state index in [1.165, 1.54) is 6.42 Å². The van der Waals surface area contributed by atoms with Crippen molar-refractivity contribution in [2.45, 2.75) is 26.2 Å². The van der Waals surface area contributed by atoms with Crippen LogP contribution in [0.3, 0.4) is 0 Å². The van der Waals surface area contributed by atoms with E-state index in [1.54, 1.807) is 6.07 Å². The van der Waals surface area contributed by atoms with Crippen LogP contribution in [-0.2, 0) is 0 Å². The monoisotopic (exact) mass is 386 g/mol. The Balaban J connectivity index is 1.49. The smallest absolute Gasteiger partial charge is 0.301 e. The maximum absolute atomic E-state index is 12.5. The summed E-state index contributed by atoms with van der Waals surface area (Å²) >= 11 is 0. The lowest BCUT2D eigenvalue weighted by Gasteiger charge is -2.32. The maximum atomic E-state index is 12.5. The summed E-state index contributed by atoms with van der Waals surface area (Å²) in [5, 5.41) is 0.518. The minimum Gasteiger partial charge on any atom is -0.492 e. The van der Waals surface area contributed by atoms with Gasteiger partial charge in [-0.15, -0.1) is 0 Å². The van der Waals surface area contributed by atoms with Crippen LogP contribution in [0.1, 0.15) is 24.8 Å². The van der Waals surface area contributed by atoms with E-state index in [0.717, 1.165) is 70.0 Å². The highest BCUT2D eigenvalue weighted by Crippen LogP contribution is 2.28. The summed E-state index contributed by atoms with van der Waals surface area (Å²) in [7, 11) is 2.16. The van der Waals surface area contributed by atoms with Crippen LogP contribution >= 0.6 is 0 Å². The minimum atomic E-state index is -0.228. The molecule has 0 bridgehead atoms. The molecule has 0 radical (unpaired) electrons. The van der Waals surface area contributed by atoms with E-state index in [4.69, 9.17) is 9.15 Å². The van der Waals surface area contributed by atoms with Crippen LogP contribution < -0.4 is 15.2 Å². The van der Waals surface area contributed by atoms with Gasteiger partial charge in [-0.05, 0) is 45.4 Å². The highest BCUT2D eigenvalue weighted by Gasteiger charge is 2.19. The van der Waals surface area contributed by atoms with Crippen molar-refractivity contribution in [1.82, 2.24) is 14.8 Å². The highest BCUT2D eigenvalue weighted by atomic mass is 16.5. The summed E-state index contributed by atoms with van der Waals surface area (Å²) in [5.41, 5.74) is 1.24. The second-order valence-electron chi connectivity index (χ2n) is 7.91.